The molecule has 19 heavy (non-hydrogen) atoms. The highest BCUT2D eigenvalue weighted by atomic mass is 19.4. The third kappa shape index (κ3) is 1.91. The van der Waals surface area contributed by atoms with Crippen LogP contribution in [0.5, 0.6) is 0 Å². The SMILES string of the molecule is Fc1ccc2c(c1)c(C(F)(F)F)nc1ccccc12. The van der Waals surface area contributed by atoms with E-state index >= 15 is 0 Å². The molecule has 0 spiro atoms. The lowest BCUT2D eigenvalue weighted by Gasteiger charge is -2.12. The molecule has 1 heterocycles. The Morgan fingerprint density at radius 3 is 2.32 bits per heavy atom. The fourth-order valence-electron chi connectivity index (χ4n) is 2.14. The molecule has 3 aromatic rings. The summed E-state index contributed by atoms with van der Waals surface area (Å²) < 4.78 is 52.2. The quantitative estimate of drug-likeness (QED) is 0.429. The summed E-state index contributed by atoms with van der Waals surface area (Å²) in [6.07, 6.45) is -4.62. The van der Waals surface area contributed by atoms with E-state index in [1.54, 1.807) is 18.2 Å². The van der Waals surface area contributed by atoms with E-state index in [9.17, 15) is 17.6 Å². The van der Waals surface area contributed by atoms with Gasteiger partial charge in [-0.25, -0.2) is 9.37 Å². The minimum absolute atomic E-state index is 0.216. The van der Waals surface area contributed by atoms with Crippen molar-refractivity contribution in [2.24, 2.45) is 0 Å². The fourth-order valence-corrected chi connectivity index (χ4v) is 2.14. The molecule has 1 aromatic heterocycles. The van der Waals surface area contributed by atoms with Crippen molar-refractivity contribution in [3.05, 3.63) is 54.0 Å². The maximum absolute atomic E-state index is 13.2. The van der Waals surface area contributed by atoms with Gasteiger partial charge >= 0.3 is 6.18 Å². The third-order valence-electron chi connectivity index (χ3n) is 2.93. The summed E-state index contributed by atoms with van der Waals surface area (Å²) in [4.78, 5) is 3.62. The predicted octanol–water partition coefficient (Wildman–Crippen LogP) is 4.55. The van der Waals surface area contributed by atoms with Crippen LogP contribution in [0, 0.1) is 5.82 Å². The van der Waals surface area contributed by atoms with E-state index in [2.05, 4.69) is 4.98 Å². The highest BCUT2D eigenvalue weighted by molar-refractivity contribution is 6.06. The molecule has 0 saturated carbocycles. The van der Waals surface area contributed by atoms with E-state index in [1.165, 1.54) is 12.1 Å². The van der Waals surface area contributed by atoms with Gasteiger partial charge in [-0.05, 0) is 23.6 Å². The van der Waals surface area contributed by atoms with Crippen LogP contribution in [0.4, 0.5) is 17.6 Å². The molecule has 96 valence electrons. The number of hydrogen-bond donors (Lipinski definition) is 0. The highest BCUT2D eigenvalue weighted by Gasteiger charge is 2.35. The Labute approximate surface area is 105 Å². The van der Waals surface area contributed by atoms with Gasteiger partial charge in [0.05, 0.1) is 5.52 Å². The molecule has 0 radical (unpaired) electrons. The number of para-hydroxylation sites is 1. The van der Waals surface area contributed by atoms with Gasteiger partial charge in [-0.1, -0.05) is 24.3 Å². The lowest BCUT2D eigenvalue weighted by molar-refractivity contribution is -0.139. The topological polar surface area (TPSA) is 12.9 Å². The molecule has 0 atom stereocenters. The van der Waals surface area contributed by atoms with E-state index in [0.29, 0.717) is 10.8 Å². The number of hydrogen-bond acceptors (Lipinski definition) is 1. The number of alkyl halides is 3. The van der Waals surface area contributed by atoms with Crippen LogP contribution in [0.3, 0.4) is 0 Å². The summed E-state index contributed by atoms with van der Waals surface area (Å²) in [5.74, 6) is -0.713. The summed E-state index contributed by atoms with van der Waals surface area (Å²) in [7, 11) is 0. The molecular formula is C14H7F4N. The minimum atomic E-state index is -4.62. The molecule has 0 fully saturated rings. The molecule has 0 bridgehead atoms. The largest absolute Gasteiger partial charge is 0.433 e. The summed E-state index contributed by atoms with van der Waals surface area (Å²) in [5, 5.41) is 0.705. The lowest BCUT2D eigenvalue weighted by Crippen LogP contribution is -2.09. The average molecular weight is 265 g/mol. The Balaban J connectivity index is 2.55. The van der Waals surface area contributed by atoms with E-state index in [-0.39, 0.29) is 10.9 Å². The van der Waals surface area contributed by atoms with Gasteiger partial charge in [0, 0.05) is 10.8 Å². The van der Waals surface area contributed by atoms with E-state index in [0.717, 1.165) is 12.1 Å². The number of aromatic nitrogens is 1. The molecule has 0 saturated heterocycles. The van der Waals surface area contributed by atoms with E-state index in [4.69, 9.17) is 0 Å². The molecule has 0 N–H and O–H groups in total. The smallest absolute Gasteiger partial charge is 0.243 e. The zero-order chi connectivity index (χ0) is 13.6. The molecule has 1 nitrogen and oxygen atoms in total. The van der Waals surface area contributed by atoms with Gasteiger partial charge in [-0.2, -0.15) is 13.2 Å². The number of nitrogens with zero attached hydrogens (tertiary/aromatic N) is 1. The van der Waals surface area contributed by atoms with Gasteiger partial charge in [0.15, 0.2) is 5.69 Å². The monoisotopic (exact) mass is 265 g/mol. The van der Waals surface area contributed by atoms with Crippen molar-refractivity contribution in [2.75, 3.05) is 0 Å². The Hall–Kier alpha value is -2.17. The number of rotatable bonds is 0. The first-order valence-corrected chi connectivity index (χ1v) is 5.52. The number of benzene rings is 2. The standard InChI is InChI=1S/C14H7F4N/c15-8-5-6-9-10-3-1-2-4-12(10)19-13(11(9)7-8)14(16,17)18/h1-7H. The van der Waals surface area contributed by atoms with Gasteiger partial charge in [0.1, 0.15) is 5.82 Å². The van der Waals surface area contributed by atoms with Gasteiger partial charge < -0.3 is 0 Å². The predicted molar refractivity (Wildman–Crippen MR) is 64.2 cm³/mol. The van der Waals surface area contributed by atoms with Crippen LogP contribution < -0.4 is 0 Å². The van der Waals surface area contributed by atoms with Gasteiger partial charge in [0.25, 0.3) is 0 Å². The zero-order valence-corrected chi connectivity index (χ0v) is 9.50. The van der Waals surface area contributed by atoms with Crippen LogP contribution in [0.25, 0.3) is 21.7 Å². The summed E-state index contributed by atoms with van der Waals surface area (Å²) >= 11 is 0. The average Bonchev–Trinajstić information content (AvgIpc) is 2.36. The van der Waals surface area contributed by atoms with Crippen molar-refractivity contribution in [1.82, 2.24) is 4.98 Å². The number of fused-ring (bicyclic) bond motifs is 3. The Morgan fingerprint density at radius 2 is 1.58 bits per heavy atom. The first-order valence-electron chi connectivity index (χ1n) is 5.52. The van der Waals surface area contributed by atoms with Crippen LogP contribution in [0.1, 0.15) is 5.69 Å². The van der Waals surface area contributed by atoms with Crippen LogP contribution in [-0.2, 0) is 6.18 Å². The molecular weight excluding hydrogens is 258 g/mol. The van der Waals surface area contributed by atoms with Crippen LogP contribution in [0.2, 0.25) is 0 Å². The maximum atomic E-state index is 13.2. The lowest BCUT2D eigenvalue weighted by atomic mass is 10.0. The molecule has 0 amide bonds. The Morgan fingerprint density at radius 1 is 0.842 bits per heavy atom. The van der Waals surface area contributed by atoms with Crippen LogP contribution >= 0.6 is 0 Å². The van der Waals surface area contributed by atoms with Crippen LogP contribution in [0.15, 0.2) is 42.5 Å². The molecule has 0 aliphatic rings. The molecule has 2 aromatic carbocycles. The first kappa shape index (κ1) is 11.9. The van der Waals surface area contributed by atoms with Crippen molar-refractivity contribution in [3.63, 3.8) is 0 Å². The normalized spacial score (nSPS) is 12.2. The number of halogens is 4. The van der Waals surface area contributed by atoms with Gasteiger partial charge in [-0.15, -0.1) is 0 Å². The Kier molecular flexibility index (Phi) is 2.45. The van der Waals surface area contributed by atoms with Crippen molar-refractivity contribution in [2.45, 2.75) is 6.18 Å². The second kappa shape index (κ2) is 3.91. The summed E-state index contributed by atoms with van der Waals surface area (Å²) in [6, 6.07) is 9.87. The molecule has 0 unspecified atom stereocenters. The fraction of sp³-hybridized carbons (Fsp3) is 0.0714. The highest BCUT2D eigenvalue weighted by Crippen LogP contribution is 2.36. The second-order valence-corrected chi connectivity index (χ2v) is 4.17. The van der Waals surface area contributed by atoms with Gasteiger partial charge in [0.2, 0.25) is 0 Å². The van der Waals surface area contributed by atoms with Crippen LogP contribution in [-0.4, -0.2) is 4.98 Å². The second-order valence-electron chi connectivity index (χ2n) is 4.17. The summed E-state index contributed by atoms with van der Waals surface area (Å²) in [5.41, 5.74) is -0.811. The molecule has 0 aliphatic carbocycles. The molecule has 5 heteroatoms. The number of pyridine rings is 1. The minimum Gasteiger partial charge on any atom is -0.243 e. The maximum Gasteiger partial charge on any atom is 0.433 e. The van der Waals surface area contributed by atoms with Gasteiger partial charge in [-0.3, -0.25) is 0 Å². The zero-order valence-electron chi connectivity index (χ0n) is 9.50. The first-order chi connectivity index (χ1) is 8.97. The van der Waals surface area contributed by atoms with Crippen molar-refractivity contribution in [1.29, 1.82) is 0 Å². The van der Waals surface area contributed by atoms with E-state index in [1.807, 2.05) is 0 Å². The van der Waals surface area contributed by atoms with Crippen molar-refractivity contribution < 1.29 is 17.6 Å². The molecule has 0 aliphatic heterocycles. The molecule has 3 rings (SSSR count). The van der Waals surface area contributed by atoms with Crippen molar-refractivity contribution in [3.8, 4) is 0 Å². The third-order valence-corrected chi connectivity index (χ3v) is 2.93. The van der Waals surface area contributed by atoms with E-state index < -0.39 is 17.7 Å². The van der Waals surface area contributed by atoms with Crippen molar-refractivity contribution >= 4 is 21.7 Å². The summed E-state index contributed by atoms with van der Waals surface area (Å²) in [6.45, 7) is 0. The Bertz CT molecular complexity index is 777.